The van der Waals surface area contributed by atoms with E-state index in [1.807, 2.05) is 30.3 Å². The van der Waals surface area contributed by atoms with Crippen LogP contribution in [0.4, 0.5) is 0 Å². The Labute approximate surface area is 129 Å². The third kappa shape index (κ3) is 1.79. The molecule has 0 fully saturated rings. The molecule has 0 radical (unpaired) electrons. The Morgan fingerprint density at radius 2 is 1.71 bits per heavy atom. The zero-order chi connectivity index (χ0) is 15.1. The van der Waals surface area contributed by atoms with Crippen LogP contribution in [-0.4, -0.2) is 9.97 Å². The van der Waals surface area contributed by atoms with Gasteiger partial charge in [0.2, 0.25) is 0 Å². The van der Waals surface area contributed by atoms with Crippen LogP contribution in [0.3, 0.4) is 0 Å². The molecule has 1 aromatic carbocycles. The van der Waals surface area contributed by atoms with Gasteiger partial charge >= 0.3 is 0 Å². The molecule has 0 atom stereocenters. The number of aromatic nitrogens is 2. The standard InChI is InChI=1S/C16H7BrN4/c1-8-14-10(9(2)17)4-3-5-11(14)16-15(8)20-12(6-18)13(7-19)21-16/h3-5H,1-2H2. The Balaban J connectivity index is 2.38. The van der Waals surface area contributed by atoms with Crippen LogP contribution in [0.1, 0.15) is 28.2 Å². The normalized spacial score (nSPS) is 11.3. The molecule has 0 unspecified atom stereocenters. The molecule has 2 aromatic rings. The fraction of sp³-hybridized carbons (Fsp3) is 0. The summed E-state index contributed by atoms with van der Waals surface area (Å²) in [6.07, 6.45) is 0. The molecule has 0 saturated heterocycles. The van der Waals surface area contributed by atoms with Crippen LogP contribution < -0.4 is 0 Å². The van der Waals surface area contributed by atoms with Crippen LogP contribution in [0, 0.1) is 22.7 Å². The van der Waals surface area contributed by atoms with E-state index in [4.69, 9.17) is 10.5 Å². The van der Waals surface area contributed by atoms with Crippen LogP contribution in [0.2, 0.25) is 0 Å². The molecule has 0 aliphatic heterocycles. The van der Waals surface area contributed by atoms with Crippen LogP contribution in [0.15, 0.2) is 31.4 Å². The summed E-state index contributed by atoms with van der Waals surface area (Å²) >= 11 is 3.38. The number of hydrogen-bond acceptors (Lipinski definition) is 4. The van der Waals surface area contributed by atoms with E-state index >= 15 is 0 Å². The Kier molecular flexibility index (Phi) is 2.94. The molecule has 1 heterocycles. The van der Waals surface area contributed by atoms with Crippen molar-refractivity contribution in [1.82, 2.24) is 9.97 Å². The first-order chi connectivity index (χ1) is 10.1. The maximum Gasteiger partial charge on any atom is 0.177 e. The topological polar surface area (TPSA) is 73.4 Å². The predicted molar refractivity (Wildman–Crippen MR) is 83.0 cm³/mol. The largest absolute Gasteiger partial charge is 0.232 e. The Morgan fingerprint density at radius 3 is 2.29 bits per heavy atom. The van der Waals surface area contributed by atoms with E-state index < -0.39 is 0 Å². The van der Waals surface area contributed by atoms with E-state index in [0.29, 0.717) is 17.0 Å². The Hall–Kier alpha value is -2.76. The molecule has 1 aromatic heterocycles. The van der Waals surface area contributed by atoms with Gasteiger partial charge in [-0.3, -0.25) is 0 Å². The molecule has 98 valence electrons. The van der Waals surface area contributed by atoms with Crippen molar-refractivity contribution in [1.29, 1.82) is 10.5 Å². The molecule has 1 aliphatic rings. The van der Waals surface area contributed by atoms with Gasteiger partial charge in [-0.1, -0.05) is 47.3 Å². The van der Waals surface area contributed by atoms with Crippen LogP contribution >= 0.6 is 15.9 Å². The number of nitrogens with zero attached hydrogens (tertiary/aromatic N) is 4. The molecular weight excluding hydrogens is 328 g/mol. The van der Waals surface area contributed by atoms with Gasteiger partial charge in [0.05, 0.1) is 11.4 Å². The second-order valence-corrected chi connectivity index (χ2v) is 5.41. The number of halogens is 1. The van der Waals surface area contributed by atoms with Gasteiger partial charge < -0.3 is 0 Å². The van der Waals surface area contributed by atoms with Gasteiger partial charge in [-0.2, -0.15) is 10.5 Å². The van der Waals surface area contributed by atoms with Crippen LogP contribution in [-0.2, 0) is 0 Å². The second-order valence-electron chi connectivity index (χ2n) is 4.45. The van der Waals surface area contributed by atoms with Gasteiger partial charge in [0.25, 0.3) is 0 Å². The van der Waals surface area contributed by atoms with Crippen molar-refractivity contribution < 1.29 is 0 Å². The SMILES string of the molecule is C=C(Br)c1cccc2c1C(=C)c1nc(C#N)c(C#N)nc1-2. The van der Waals surface area contributed by atoms with E-state index in [1.165, 1.54) is 0 Å². The molecule has 0 bridgehead atoms. The van der Waals surface area contributed by atoms with Crippen molar-refractivity contribution in [3.05, 3.63) is 59.6 Å². The highest BCUT2D eigenvalue weighted by Crippen LogP contribution is 2.45. The number of hydrogen-bond donors (Lipinski definition) is 0. The summed E-state index contributed by atoms with van der Waals surface area (Å²) < 4.78 is 0.731. The molecule has 0 spiro atoms. The summed E-state index contributed by atoms with van der Waals surface area (Å²) in [6.45, 7) is 7.95. The summed E-state index contributed by atoms with van der Waals surface area (Å²) in [5.74, 6) is 0. The average molecular weight is 335 g/mol. The fourth-order valence-electron chi connectivity index (χ4n) is 2.41. The van der Waals surface area contributed by atoms with Crippen molar-refractivity contribution in [2.75, 3.05) is 0 Å². The zero-order valence-corrected chi connectivity index (χ0v) is 12.4. The lowest BCUT2D eigenvalue weighted by Crippen LogP contribution is -1.98. The van der Waals surface area contributed by atoms with E-state index in [1.54, 1.807) is 0 Å². The third-order valence-corrected chi connectivity index (χ3v) is 3.73. The summed E-state index contributed by atoms with van der Waals surface area (Å²) in [4.78, 5) is 8.53. The molecule has 3 rings (SSSR count). The quantitative estimate of drug-likeness (QED) is 0.681. The van der Waals surface area contributed by atoms with E-state index in [2.05, 4.69) is 39.1 Å². The fourth-order valence-corrected chi connectivity index (χ4v) is 2.74. The smallest absolute Gasteiger partial charge is 0.177 e. The molecule has 0 N–H and O–H groups in total. The van der Waals surface area contributed by atoms with Crippen molar-refractivity contribution >= 4 is 26.0 Å². The number of benzene rings is 1. The number of rotatable bonds is 1. The van der Waals surface area contributed by atoms with E-state index in [-0.39, 0.29) is 11.4 Å². The first kappa shape index (κ1) is 13.2. The van der Waals surface area contributed by atoms with Crippen molar-refractivity contribution in [3.8, 4) is 23.4 Å². The summed E-state index contributed by atoms with van der Waals surface area (Å²) in [5, 5.41) is 18.2. The molecule has 1 aliphatic carbocycles. The lowest BCUT2D eigenvalue weighted by atomic mass is 10.0. The van der Waals surface area contributed by atoms with Crippen molar-refractivity contribution in [3.63, 3.8) is 0 Å². The Morgan fingerprint density at radius 1 is 1.10 bits per heavy atom. The summed E-state index contributed by atoms with van der Waals surface area (Å²) in [5.41, 5.74) is 4.49. The molecule has 0 amide bonds. The maximum atomic E-state index is 9.09. The lowest BCUT2D eigenvalue weighted by molar-refractivity contribution is 1.12. The molecule has 0 saturated carbocycles. The average Bonchev–Trinajstić information content (AvgIpc) is 2.78. The highest BCUT2D eigenvalue weighted by Gasteiger charge is 2.29. The first-order valence-electron chi connectivity index (χ1n) is 5.98. The number of fused-ring (bicyclic) bond motifs is 3. The predicted octanol–water partition coefficient (Wildman–Crippen LogP) is 3.63. The lowest BCUT2D eigenvalue weighted by Gasteiger charge is -2.06. The maximum absolute atomic E-state index is 9.09. The minimum Gasteiger partial charge on any atom is -0.232 e. The first-order valence-corrected chi connectivity index (χ1v) is 6.77. The highest BCUT2D eigenvalue weighted by atomic mass is 79.9. The zero-order valence-electron chi connectivity index (χ0n) is 10.8. The van der Waals surface area contributed by atoms with Crippen LogP contribution in [0.25, 0.3) is 21.3 Å². The third-order valence-electron chi connectivity index (χ3n) is 3.31. The summed E-state index contributed by atoms with van der Waals surface area (Å²) in [7, 11) is 0. The van der Waals surface area contributed by atoms with Gasteiger partial charge in [0, 0.05) is 21.2 Å². The van der Waals surface area contributed by atoms with Gasteiger partial charge in [-0.15, -0.1) is 0 Å². The molecule has 4 nitrogen and oxygen atoms in total. The van der Waals surface area contributed by atoms with E-state index in [9.17, 15) is 0 Å². The minimum atomic E-state index is 0.0180. The number of nitriles is 2. The van der Waals surface area contributed by atoms with Gasteiger partial charge in [-0.25, -0.2) is 9.97 Å². The molecular formula is C16H7BrN4. The molecule has 5 heteroatoms. The van der Waals surface area contributed by atoms with Crippen LogP contribution in [0.5, 0.6) is 0 Å². The van der Waals surface area contributed by atoms with E-state index in [0.717, 1.165) is 21.2 Å². The highest BCUT2D eigenvalue weighted by molar-refractivity contribution is 9.15. The Bertz CT molecular complexity index is 913. The monoisotopic (exact) mass is 334 g/mol. The molecule has 21 heavy (non-hydrogen) atoms. The van der Waals surface area contributed by atoms with Gasteiger partial charge in [0.15, 0.2) is 11.4 Å². The van der Waals surface area contributed by atoms with Crippen molar-refractivity contribution in [2.45, 2.75) is 0 Å². The summed E-state index contributed by atoms with van der Waals surface area (Å²) in [6, 6.07) is 9.50. The van der Waals surface area contributed by atoms with Crippen molar-refractivity contribution in [2.24, 2.45) is 0 Å². The van der Waals surface area contributed by atoms with Gasteiger partial charge in [-0.05, 0) is 5.56 Å². The second kappa shape index (κ2) is 4.66. The minimum absolute atomic E-state index is 0.0180. The van der Waals surface area contributed by atoms with Gasteiger partial charge in [0.1, 0.15) is 12.1 Å².